The summed E-state index contributed by atoms with van der Waals surface area (Å²) in [5.41, 5.74) is 0.362. The SMILES string of the molecule is CC(C)[C@@H]1CC[C@]2(C)CCCC(=O)[C@@H]2C1. The monoisotopic (exact) mass is 208 g/mol. The lowest BCUT2D eigenvalue weighted by Crippen LogP contribution is -2.42. The van der Waals surface area contributed by atoms with E-state index in [4.69, 9.17) is 0 Å². The van der Waals surface area contributed by atoms with Crippen molar-refractivity contribution in [3.8, 4) is 0 Å². The van der Waals surface area contributed by atoms with Gasteiger partial charge < -0.3 is 0 Å². The summed E-state index contributed by atoms with van der Waals surface area (Å²) in [6.45, 7) is 6.96. The molecule has 86 valence electrons. The van der Waals surface area contributed by atoms with E-state index in [0.717, 1.165) is 24.7 Å². The quantitative estimate of drug-likeness (QED) is 0.640. The van der Waals surface area contributed by atoms with Gasteiger partial charge in [0.2, 0.25) is 0 Å². The van der Waals surface area contributed by atoms with Gasteiger partial charge in [-0.25, -0.2) is 0 Å². The minimum atomic E-state index is 0.362. The molecule has 0 spiro atoms. The molecule has 0 amide bonds. The zero-order chi connectivity index (χ0) is 11.1. The summed E-state index contributed by atoms with van der Waals surface area (Å²) < 4.78 is 0. The van der Waals surface area contributed by atoms with E-state index in [9.17, 15) is 4.79 Å². The maximum Gasteiger partial charge on any atom is 0.136 e. The summed E-state index contributed by atoms with van der Waals surface area (Å²) in [4.78, 5) is 12.0. The van der Waals surface area contributed by atoms with Crippen molar-refractivity contribution in [2.75, 3.05) is 0 Å². The largest absolute Gasteiger partial charge is 0.299 e. The normalized spacial score (nSPS) is 41.7. The van der Waals surface area contributed by atoms with Crippen molar-refractivity contribution < 1.29 is 4.79 Å². The summed E-state index contributed by atoms with van der Waals surface area (Å²) in [5.74, 6) is 2.51. The maximum atomic E-state index is 12.0. The lowest BCUT2D eigenvalue weighted by atomic mass is 9.57. The molecule has 0 saturated heterocycles. The van der Waals surface area contributed by atoms with Gasteiger partial charge in [0.1, 0.15) is 5.78 Å². The van der Waals surface area contributed by atoms with E-state index in [2.05, 4.69) is 20.8 Å². The number of Topliss-reactive ketones (excluding diaryl/α,β-unsaturated/α-hetero) is 1. The Morgan fingerprint density at radius 2 is 2.07 bits per heavy atom. The van der Waals surface area contributed by atoms with Crippen molar-refractivity contribution in [3.05, 3.63) is 0 Å². The lowest BCUT2D eigenvalue weighted by Gasteiger charge is -2.47. The molecule has 1 heteroatoms. The highest BCUT2D eigenvalue weighted by atomic mass is 16.1. The Morgan fingerprint density at radius 3 is 2.73 bits per heavy atom. The van der Waals surface area contributed by atoms with Crippen LogP contribution in [0.15, 0.2) is 0 Å². The molecule has 0 aliphatic heterocycles. The first-order chi connectivity index (χ1) is 7.03. The topological polar surface area (TPSA) is 17.1 Å². The minimum Gasteiger partial charge on any atom is -0.299 e. The average Bonchev–Trinajstić information content (AvgIpc) is 2.17. The number of hydrogen-bond donors (Lipinski definition) is 0. The molecule has 0 aromatic carbocycles. The molecule has 0 heterocycles. The van der Waals surface area contributed by atoms with Crippen LogP contribution in [0.5, 0.6) is 0 Å². The van der Waals surface area contributed by atoms with Gasteiger partial charge >= 0.3 is 0 Å². The Labute approximate surface area is 93.6 Å². The predicted octanol–water partition coefficient (Wildman–Crippen LogP) is 3.82. The molecule has 2 fully saturated rings. The van der Waals surface area contributed by atoms with Crippen LogP contribution in [0, 0.1) is 23.2 Å². The maximum absolute atomic E-state index is 12.0. The summed E-state index contributed by atoms with van der Waals surface area (Å²) in [6, 6.07) is 0. The average molecular weight is 208 g/mol. The second-order valence-electron chi connectivity index (χ2n) is 6.30. The number of carbonyl (C=O) groups excluding carboxylic acids is 1. The standard InChI is InChI=1S/C14H24O/c1-10(2)11-6-8-14(3)7-4-5-13(15)12(14)9-11/h10-12H,4-9H2,1-3H3/t11-,12+,14+/m1/s1. The first kappa shape index (κ1) is 11.2. The van der Waals surface area contributed by atoms with Gasteiger partial charge in [0.15, 0.2) is 0 Å². The van der Waals surface area contributed by atoms with Crippen LogP contribution in [-0.4, -0.2) is 5.78 Å². The zero-order valence-electron chi connectivity index (χ0n) is 10.4. The highest BCUT2D eigenvalue weighted by Gasteiger charge is 2.45. The number of hydrogen-bond acceptors (Lipinski definition) is 1. The first-order valence-corrected chi connectivity index (χ1v) is 6.55. The first-order valence-electron chi connectivity index (χ1n) is 6.55. The lowest BCUT2D eigenvalue weighted by molar-refractivity contribution is -0.134. The number of fused-ring (bicyclic) bond motifs is 1. The van der Waals surface area contributed by atoms with Gasteiger partial charge in [0.05, 0.1) is 0 Å². The molecule has 0 radical (unpaired) electrons. The molecule has 0 unspecified atom stereocenters. The molecular weight excluding hydrogens is 184 g/mol. The third-order valence-electron chi connectivity index (χ3n) is 4.97. The van der Waals surface area contributed by atoms with Gasteiger partial charge in [-0.3, -0.25) is 4.79 Å². The number of carbonyl (C=O) groups is 1. The summed E-state index contributed by atoms with van der Waals surface area (Å²) in [7, 11) is 0. The van der Waals surface area contributed by atoms with E-state index < -0.39 is 0 Å². The van der Waals surface area contributed by atoms with Gasteiger partial charge in [-0.15, -0.1) is 0 Å². The Hall–Kier alpha value is -0.330. The van der Waals surface area contributed by atoms with Gasteiger partial charge in [-0.2, -0.15) is 0 Å². The Kier molecular flexibility index (Phi) is 2.92. The van der Waals surface area contributed by atoms with Crippen molar-refractivity contribution in [3.63, 3.8) is 0 Å². The second-order valence-corrected chi connectivity index (χ2v) is 6.30. The third-order valence-corrected chi connectivity index (χ3v) is 4.97. The summed E-state index contributed by atoms with van der Waals surface area (Å²) in [5, 5.41) is 0. The molecule has 3 atom stereocenters. The molecule has 0 bridgehead atoms. The van der Waals surface area contributed by atoms with Crippen LogP contribution in [0.25, 0.3) is 0 Å². The highest BCUT2D eigenvalue weighted by molar-refractivity contribution is 5.82. The summed E-state index contributed by atoms with van der Waals surface area (Å²) in [6.07, 6.45) is 7.08. The summed E-state index contributed by atoms with van der Waals surface area (Å²) >= 11 is 0. The highest BCUT2D eigenvalue weighted by Crippen LogP contribution is 2.51. The van der Waals surface area contributed by atoms with Crippen LogP contribution < -0.4 is 0 Å². The van der Waals surface area contributed by atoms with E-state index in [1.54, 1.807) is 0 Å². The van der Waals surface area contributed by atoms with Crippen LogP contribution in [-0.2, 0) is 4.79 Å². The van der Waals surface area contributed by atoms with E-state index >= 15 is 0 Å². The third kappa shape index (κ3) is 1.98. The van der Waals surface area contributed by atoms with Gasteiger partial charge in [-0.05, 0) is 49.4 Å². The van der Waals surface area contributed by atoms with Crippen molar-refractivity contribution in [2.24, 2.45) is 23.2 Å². The molecular formula is C14H24O. The Bertz CT molecular complexity index is 256. The van der Waals surface area contributed by atoms with Crippen molar-refractivity contribution in [1.82, 2.24) is 0 Å². The predicted molar refractivity (Wildman–Crippen MR) is 62.6 cm³/mol. The van der Waals surface area contributed by atoms with Gasteiger partial charge in [0, 0.05) is 12.3 Å². The van der Waals surface area contributed by atoms with Crippen LogP contribution in [0.4, 0.5) is 0 Å². The molecule has 2 aliphatic carbocycles. The van der Waals surface area contributed by atoms with Gasteiger partial charge in [0.25, 0.3) is 0 Å². The van der Waals surface area contributed by atoms with E-state index in [1.165, 1.54) is 25.7 Å². The molecule has 0 aromatic heterocycles. The number of ketones is 1. The fourth-order valence-corrected chi connectivity index (χ4v) is 3.66. The second kappa shape index (κ2) is 3.92. The van der Waals surface area contributed by atoms with E-state index in [0.29, 0.717) is 17.1 Å². The molecule has 2 saturated carbocycles. The van der Waals surface area contributed by atoms with Crippen molar-refractivity contribution >= 4 is 5.78 Å². The zero-order valence-corrected chi connectivity index (χ0v) is 10.4. The molecule has 15 heavy (non-hydrogen) atoms. The minimum absolute atomic E-state index is 0.362. The molecule has 1 nitrogen and oxygen atoms in total. The van der Waals surface area contributed by atoms with Crippen molar-refractivity contribution in [2.45, 2.75) is 59.3 Å². The fourth-order valence-electron chi connectivity index (χ4n) is 3.66. The van der Waals surface area contributed by atoms with Crippen LogP contribution >= 0.6 is 0 Å². The van der Waals surface area contributed by atoms with Crippen LogP contribution in [0.2, 0.25) is 0 Å². The number of rotatable bonds is 1. The van der Waals surface area contributed by atoms with E-state index in [1.807, 2.05) is 0 Å². The van der Waals surface area contributed by atoms with E-state index in [-0.39, 0.29) is 0 Å². The smallest absolute Gasteiger partial charge is 0.136 e. The molecule has 0 N–H and O–H groups in total. The van der Waals surface area contributed by atoms with Crippen LogP contribution in [0.1, 0.15) is 59.3 Å². The molecule has 2 rings (SSSR count). The van der Waals surface area contributed by atoms with Crippen molar-refractivity contribution in [1.29, 1.82) is 0 Å². The van der Waals surface area contributed by atoms with Crippen LogP contribution in [0.3, 0.4) is 0 Å². The van der Waals surface area contributed by atoms with Gasteiger partial charge in [-0.1, -0.05) is 20.8 Å². The molecule has 2 aliphatic rings. The molecule has 0 aromatic rings. The Morgan fingerprint density at radius 1 is 1.33 bits per heavy atom. The fraction of sp³-hybridized carbons (Fsp3) is 0.929. The Balaban J connectivity index is 2.12.